The number of sulfone groups is 1. The van der Waals surface area contributed by atoms with Gasteiger partial charge in [0.1, 0.15) is 0 Å². The lowest BCUT2D eigenvalue weighted by atomic mass is 10.1. The first-order chi connectivity index (χ1) is 15.7. The summed E-state index contributed by atoms with van der Waals surface area (Å²) in [6, 6.07) is 11.3. The number of amides is 1. The fourth-order valence-electron chi connectivity index (χ4n) is 3.38. The Labute approximate surface area is 194 Å². The first kappa shape index (κ1) is 24.2. The highest BCUT2D eigenvalue weighted by atomic mass is 32.2. The van der Waals surface area contributed by atoms with Gasteiger partial charge in [0.15, 0.2) is 0 Å². The van der Waals surface area contributed by atoms with Gasteiger partial charge in [-0.3, -0.25) is 4.79 Å². The number of hydrogen-bond donors (Lipinski definition) is 2. The molecule has 1 amide bonds. The number of allylic oxidation sites excluding steroid dienone is 2. The van der Waals surface area contributed by atoms with E-state index in [0.29, 0.717) is 49.0 Å². The summed E-state index contributed by atoms with van der Waals surface area (Å²) in [6.07, 6.45) is 3.18. The van der Waals surface area contributed by atoms with Gasteiger partial charge in [-0.05, 0) is 60.5 Å². The van der Waals surface area contributed by atoms with E-state index in [2.05, 4.69) is 21.8 Å². The number of aliphatic imine (C=N–C) groups is 1. The van der Waals surface area contributed by atoms with Crippen LogP contribution in [0.5, 0.6) is 0 Å². The summed E-state index contributed by atoms with van der Waals surface area (Å²) < 4.78 is 32.5. The Morgan fingerprint density at radius 1 is 1.12 bits per heavy atom. The molecule has 1 fully saturated rings. The summed E-state index contributed by atoms with van der Waals surface area (Å²) in [7, 11) is -3.83. The lowest BCUT2D eigenvalue weighted by molar-refractivity contribution is -0.114. The smallest absolute Gasteiger partial charge is 0.221 e. The van der Waals surface area contributed by atoms with E-state index in [1.165, 1.54) is 19.1 Å². The number of hydrogen-bond acceptors (Lipinski definition) is 6. The number of morpholine rings is 1. The lowest BCUT2D eigenvalue weighted by Crippen LogP contribution is -2.36. The van der Waals surface area contributed by atoms with Gasteiger partial charge < -0.3 is 20.7 Å². The molecule has 9 heteroatoms. The summed E-state index contributed by atoms with van der Waals surface area (Å²) in [5.74, 6) is 0.151. The van der Waals surface area contributed by atoms with Crippen LogP contribution < -0.4 is 16.0 Å². The van der Waals surface area contributed by atoms with E-state index >= 15 is 0 Å². The molecule has 0 spiro atoms. The van der Waals surface area contributed by atoms with Crippen molar-refractivity contribution in [3.05, 3.63) is 66.9 Å². The molecule has 3 N–H and O–H groups in total. The van der Waals surface area contributed by atoms with Gasteiger partial charge in [0.05, 0.1) is 28.8 Å². The molecular formula is C24H28N4O4S. The van der Waals surface area contributed by atoms with Gasteiger partial charge in [0.25, 0.3) is 0 Å². The largest absolute Gasteiger partial charge is 0.387 e. The van der Waals surface area contributed by atoms with Crippen LogP contribution in [0.15, 0.2) is 76.1 Å². The molecule has 1 aliphatic heterocycles. The summed E-state index contributed by atoms with van der Waals surface area (Å²) in [4.78, 5) is 17.8. The minimum Gasteiger partial charge on any atom is -0.387 e. The molecule has 0 bridgehead atoms. The normalized spacial score (nSPS) is 15.3. The van der Waals surface area contributed by atoms with Crippen LogP contribution in [0.25, 0.3) is 5.57 Å². The molecule has 0 radical (unpaired) electrons. The summed E-state index contributed by atoms with van der Waals surface area (Å²) in [6.45, 7) is 9.35. The molecule has 1 saturated heterocycles. The Bertz CT molecular complexity index is 1190. The van der Waals surface area contributed by atoms with Crippen LogP contribution in [-0.2, 0) is 19.4 Å². The molecule has 0 aliphatic carbocycles. The molecule has 0 atom stereocenters. The monoisotopic (exact) mass is 468 g/mol. The number of benzene rings is 2. The van der Waals surface area contributed by atoms with E-state index in [4.69, 9.17) is 10.5 Å². The second-order valence-electron chi connectivity index (χ2n) is 7.58. The average Bonchev–Trinajstić information content (AvgIpc) is 2.79. The maximum absolute atomic E-state index is 13.5. The van der Waals surface area contributed by atoms with Gasteiger partial charge in [0, 0.05) is 37.6 Å². The standard InChI is InChI=1S/C24H28N4O4S/c1-4-19(16-26-17(2)25)20-13-22(28-9-11-32-12-10-28)15-24(14-20)33(30,31)23-7-5-21(6-8-23)27-18(3)29/h4-8,13-16H,1,9-12H2,2-3H3,(H2,25,26)(H,27,29)/b19-16+. The van der Waals surface area contributed by atoms with Crippen LogP contribution >= 0.6 is 0 Å². The molecule has 0 unspecified atom stereocenters. The fraction of sp³-hybridized carbons (Fsp3) is 0.250. The van der Waals surface area contributed by atoms with Crippen LogP contribution in [0, 0.1) is 0 Å². The second kappa shape index (κ2) is 10.5. The first-order valence-electron chi connectivity index (χ1n) is 10.4. The van der Waals surface area contributed by atoms with Crippen molar-refractivity contribution in [1.82, 2.24) is 0 Å². The van der Waals surface area contributed by atoms with E-state index in [-0.39, 0.29) is 15.7 Å². The van der Waals surface area contributed by atoms with Gasteiger partial charge in [-0.25, -0.2) is 13.4 Å². The van der Waals surface area contributed by atoms with Crippen molar-refractivity contribution in [2.24, 2.45) is 10.7 Å². The molecule has 0 saturated carbocycles. The number of nitrogens with two attached hydrogens (primary N) is 1. The van der Waals surface area contributed by atoms with Crippen molar-refractivity contribution in [3.63, 3.8) is 0 Å². The zero-order valence-electron chi connectivity index (χ0n) is 18.7. The predicted molar refractivity (Wildman–Crippen MR) is 131 cm³/mol. The predicted octanol–water partition coefficient (Wildman–Crippen LogP) is 3.22. The Kier molecular flexibility index (Phi) is 7.67. The number of amidine groups is 1. The number of nitrogens with zero attached hydrogens (tertiary/aromatic N) is 2. The molecule has 8 nitrogen and oxygen atoms in total. The SMILES string of the molecule is C=C/C(=C\N=C(C)N)c1cc(N2CCOCC2)cc(S(=O)(=O)c2ccc(NC(C)=O)cc2)c1. The molecule has 2 aromatic rings. The van der Waals surface area contributed by atoms with Crippen molar-refractivity contribution in [1.29, 1.82) is 0 Å². The van der Waals surface area contributed by atoms with E-state index in [9.17, 15) is 13.2 Å². The molecule has 33 heavy (non-hydrogen) atoms. The fourth-order valence-corrected chi connectivity index (χ4v) is 4.71. The molecular weight excluding hydrogens is 440 g/mol. The summed E-state index contributed by atoms with van der Waals surface area (Å²) in [5.41, 5.74) is 8.26. The molecule has 1 heterocycles. The number of nitrogens with one attached hydrogen (secondary N) is 1. The third-order valence-corrected chi connectivity index (χ3v) is 6.77. The van der Waals surface area contributed by atoms with Crippen molar-refractivity contribution in [2.75, 3.05) is 36.5 Å². The van der Waals surface area contributed by atoms with Crippen molar-refractivity contribution in [3.8, 4) is 0 Å². The Hall–Kier alpha value is -3.43. The van der Waals surface area contributed by atoms with Gasteiger partial charge in [-0.15, -0.1) is 0 Å². The number of ether oxygens (including phenoxy) is 1. The van der Waals surface area contributed by atoms with E-state index in [1.54, 1.807) is 43.5 Å². The number of anilines is 2. The highest BCUT2D eigenvalue weighted by Gasteiger charge is 2.22. The Morgan fingerprint density at radius 3 is 2.36 bits per heavy atom. The van der Waals surface area contributed by atoms with Crippen molar-refractivity contribution >= 4 is 38.5 Å². The molecule has 3 rings (SSSR count). The van der Waals surface area contributed by atoms with Gasteiger partial charge >= 0.3 is 0 Å². The van der Waals surface area contributed by atoms with Gasteiger partial charge in [0.2, 0.25) is 15.7 Å². The summed E-state index contributed by atoms with van der Waals surface area (Å²) >= 11 is 0. The third kappa shape index (κ3) is 6.09. The zero-order chi connectivity index (χ0) is 24.0. The molecule has 2 aromatic carbocycles. The summed E-state index contributed by atoms with van der Waals surface area (Å²) in [5, 5.41) is 2.64. The first-order valence-corrected chi connectivity index (χ1v) is 11.9. The number of rotatable bonds is 7. The van der Waals surface area contributed by atoms with Crippen LogP contribution in [0.2, 0.25) is 0 Å². The maximum atomic E-state index is 13.5. The minimum atomic E-state index is -3.83. The van der Waals surface area contributed by atoms with E-state index in [0.717, 1.165) is 5.69 Å². The van der Waals surface area contributed by atoms with Gasteiger partial charge in [-0.2, -0.15) is 0 Å². The maximum Gasteiger partial charge on any atom is 0.221 e. The zero-order valence-corrected chi connectivity index (χ0v) is 19.6. The highest BCUT2D eigenvalue weighted by molar-refractivity contribution is 7.91. The quantitative estimate of drug-likeness (QED) is 0.366. The van der Waals surface area contributed by atoms with Gasteiger partial charge in [-0.1, -0.05) is 12.7 Å². The number of carbonyl (C=O) groups excluding carboxylic acids is 1. The molecule has 174 valence electrons. The minimum absolute atomic E-state index is 0.127. The van der Waals surface area contributed by atoms with Crippen LogP contribution in [0.3, 0.4) is 0 Å². The van der Waals surface area contributed by atoms with Crippen molar-refractivity contribution in [2.45, 2.75) is 23.6 Å². The molecule has 0 aromatic heterocycles. The number of carbonyl (C=O) groups is 1. The third-order valence-electron chi connectivity index (χ3n) is 5.02. The van der Waals surface area contributed by atoms with E-state index < -0.39 is 9.84 Å². The van der Waals surface area contributed by atoms with Crippen LogP contribution in [0.4, 0.5) is 11.4 Å². The molecule has 1 aliphatic rings. The van der Waals surface area contributed by atoms with Crippen LogP contribution in [0.1, 0.15) is 19.4 Å². The lowest BCUT2D eigenvalue weighted by Gasteiger charge is -2.29. The Balaban J connectivity index is 2.10. The average molecular weight is 469 g/mol. The second-order valence-corrected chi connectivity index (χ2v) is 9.53. The Morgan fingerprint density at radius 2 is 1.79 bits per heavy atom. The van der Waals surface area contributed by atoms with E-state index in [1.807, 2.05) is 6.07 Å². The highest BCUT2D eigenvalue weighted by Crippen LogP contribution is 2.31. The van der Waals surface area contributed by atoms with Crippen LogP contribution in [-0.4, -0.2) is 46.5 Å². The topological polar surface area (TPSA) is 114 Å². The van der Waals surface area contributed by atoms with Crippen molar-refractivity contribution < 1.29 is 17.9 Å².